The van der Waals surface area contributed by atoms with Crippen LogP contribution in [0, 0.1) is 0 Å². The lowest BCUT2D eigenvalue weighted by Gasteiger charge is -2.18. The van der Waals surface area contributed by atoms with Crippen molar-refractivity contribution in [2.75, 3.05) is 13.2 Å². The molecule has 6 nitrogen and oxygen atoms in total. The number of hydrogen-bond donors (Lipinski definition) is 0. The Morgan fingerprint density at radius 1 is 0.303 bits per heavy atom. The summed E-state index contributed by atoms with van der Waals surface area (Å²) >= 11 is 0. The van der Waals surface area contributed by atoms with Gasteiger partial charge in [0.15, 0.2) is 6.10 Å². The highest BCUT2D eigenvalue weighted by Crippen LogP contribution is 2.15. The molecule has 0 radical (unpaired) electrons. The van der Waals surface area contributed by atoms with Crippen molar-refractivity contribution in [1.82, 2.24) is 0 Å². The summed E-state index contributed by atoms with van der Waals surface area (Å²) < 4.78 is 16.8. The molecule has 0 heterocycles. The van der Waals surface area contributed by atoms with Crippen molar-refractivity contribution in [3.8, 4) is 0 Å². The maximum atomic E-state index is 12.8. The molecule has 0 aliphatic heterocycles. The average Bonchev–Trinajstić information content (AvgIpc) is 3.31. The third-order valence-electron chi connectivity index (χ3n) is 12.5. The molecule has 0 aromatic rings. The molecular weight excluding hydrogens is 817 g/mol. The first kappa shape index (κ1) is 63.4. The largest absolute Gasteiger partial charge is 0.462 e. The topological polar surface area (TPSA) is 78.9 Å². The zero-order valence-electron chi connectivity index (χ0n) is 44.0. The summed E-state index contributed by atoms with van der Waals surface area (Å²) in [7, 11) is 0. The molecule has 0 bridgehead atoms. The molecule has 6 heteroatoms. The Hall–Kier alpha value is -2.63. The lowest BCUT2D eigenvalue weighted by Crippen LogP contribution is -2.30. The Bertz CT molecular complexity index is 1150. The lowest BCUT2D eigenvalue weighted by atomic mass is 10.1. The second-order valence-corrected chi connectivity index (χ2v) is 19.2. The van der Waals surface area contributed by atoms with Crippen LogP contribution in [0.1, 0.15) is 297 Å². The minimum atomic E-state index is -0.781. The van der Waals surface area contributed by atoms with Crippen LogP contribution in [-0.4, -0.2) is 37.2 Å². The first-order valence-corrected chi connectivity index (χ1v) is 28.6. The van der Waals surface area contributed by atoms with Gasteiger partial charge in [-0.2, -0.15) is 0 Å². The van der Waals surface area contributed by atoms with E-state index < -0.39 is 6.10 Å². The molecule has 0 N–H and O–H groups in total. The van der Waals surface area contributed by atoms with Crippen LogP contribution >= 0.6 is 0 Å². The minimum Gasteiger partial charge on any atom is -0.462 e. The van der Waals surface area contributed by atoms with Crippen LogP contribution in [0.3, 0.4) is 0 Å². The van der Waals surface area contributed by atoms with Crippen LogP contribution in [0.2, 0.25) is 0 Å². The van der Waals surface area contributed by atoms with E-state index in [0.29, 0.717) is 19.3 Å². The molecule has 0 aliphatic rings. The maximum Gasteiger partial charge on any atom is 0.306 e. The van der Waals surface area contributed by atoms with E-state index in [1.165, 1.54) is 180 Å². The Morgan fingerprint density at radius 3 is 0.894 bits per heavy atom. The molecule has 0 rings (SSSR count). The number of unbranched alkanes of at least 4 members (excludes halogenated alkanes) is 33. The van der Waals surface area contributed by atoms with Crippen molar-refractivity contribution >= 4 is 17.9 Å². The Morgan fingerprint density at radius 2 is 0.545 bits per heavy atom. The molecule has 66 heavy (non-hydrogen) atoms. The van der Waals surface area contributed by atoms with Gasteiger partial charge in [-0.3, -0.25) is 14.4 Å². The van der Waals surface area contributed by atoms with Gasteiger partial charge in [0.1, 0.15) is 13.2 Å². The summed E-state index contributed by atoms with van der Waals surface area (Å²) in [4.78, 5) is 38.1. The zero-order valence-corrected chi connectivity index (χ0v) is 44.0. The summed E-state index contributed by atoms with van der Waals surface area (Å²) in [5.74, 6) is -0.889. The van der Waals surface area contributed by atoms with E-state index in [0.717, 1.165) is 77.0 Å². The van der Waals surface area contributed by atoms with Crippen molar-refractivity contribution in [3.05, 3.63) is 48.6 Å². The third-order valence-corrected chi connectivity index (χ3v) is 12.5. The highest BCUT2D eigenvalue weighted by molar-refractivity contribution is 5.71. The number of ether oxygens (including phenoxy) is 3. The van der Waals surface area contributed by atoms with Gasteiger partial charge in [0.25, 0.3) is 0 Å². The van der Waals surface area contributed by atoms with E-state index >= 15 is 0 Å². The molecule has 0 saturated carbocycles. The molecule has 0 saturated heterocycles. The molecule has 0 aromatic carbocycles. The number of carbonyl (C=O) groups excluding carboxylic acids is 3. The number of esters is 3. The van der Waals surface area contributed by atoms with Gasteiger partial charge >= 0.3 is 17.9 Å². The molecule has 0 aromatic heterocycles. The standard InChI is InChI=1S/C60H108O6/c1-4-7-10-13-16-19-22-25-27-29-31-33-35-38-41-44-47-50-53-59(62)65-56-57(55-64-58(61)52-49-46-43-40-37-24-21-18-15-12-9-6-3)66-60(63)54-51-48-45-42-39-36-34-32-30-28-26-23-20-17-14-11-8-5-2/h18-19,21-22,27-30,57H,4-17,20,23-26,31-56H2,1-3H3/b21-18-,22-19-,29-27-,30-28-. The highest BCUT2D eigenvalue weighted by atomic mass is 16.6. The fourth-order valence-electron chi connectivity index (χ4n) is 8.17. The Labute approximate surface area is 409 Å². The van der Waals surface area contributed by atoms with Gasteiger partial charge in [-0.15, -0.1) is 0 Å². The fourth-order valence-corrected chi connectivity index (χ4v) is 8.17. The van der Waals surface area contributed by atoms with Crippen LogP contribution in [0.4, 0.5) is 0 Å². The van der Waals surface area contributed by atoms with Gasteiger partial charge < -0.3 is 14.2 Å². The van der Waals surface area contributed by atoms with Crippen LogP contribution in [0.5, 0.6) is 0 Å². The van der Waals surface area contributed by atoms with E-state index in [1.807, 2.05) is 0 Å². The molecule has 0 aliphatic carbocycles. The monoisotopic (exact) mass is 925 g/mol. The number of allylic oxidation sites excluding steroid dienone is 8. The first-order valence-electron chi connectivity index (χ1n) is 28.6. The molecule has 1 atom stereocenters. The highest BCUT2D eigenvalue weighted by Gasteiger charge is 2.19. The third kappa shape index (κ3) is 52.3. The second kappa shape index (κ2) is 55.0. The molecule has 0 spiro atoms. The number of hydrogen-bond acceptors (Lipinski definition) is 6. The van der Waals surface area contributed by atoms with Gasteiger partial charge in [0, 0.05) is 19.3 Å². The van der Waals surface area contributed by atoms with Gasteiger partial charge in [-0.05, 0) is 103 Å². The van der Waals surface area contributed by atoms with Gasteiger partial charge in [0.05, 0.1) is 0 Å². The summed E-state index contributed by atoms with van der Waals surface area (Å²) in [6, 6.07) is 0. The Balaban J connectivity index is 4.36. The van der Waals surface area contributed by atoms with E-state index in [2.05, 4.69) is 69.4 Å². The van der Waals surface area contributed by atoms with Crippen LogP contribution < -0.4 is 0 Å². The van der Waals surface area contributed by atoms with Crippen molar-refractivity contribution in [2.24, 2.45) is 0 Å². The molecular formula is C60H108O6. The van der Waals surface area contributed by atoms with Crippen LogP contribution in [0.25, 0.3) is 0 Å². The summed E-state index contributed by atoms with van der Waals surface area (Å²) in [6.45, 7) is 6.61. The number of carbonyl (C=O) groups is 3. The molecule has 0 fully saturated rings. The van der Waals surface area contributed by atoms with Crippen molar-refractivity contribution in [2.45, 2.75) is 303 Å². The summed E-state index contributed by atoms with van der Waals surface area (Å²) in [6.07, 6.45) is 66.7. The second-order valence-electron chi connectivity index (χ2n) is 19.2. The predicted molar refractivity (Wildman–Crippen MR) is 284 cm³/mol. The molecule has 0 amide bonds. The summed E-state index contributed by atoms with van der Waals surface area (Å²) in [5.41, 5.74) is 0. The predicted octanol–water partition coefficient (Wildman–Crippen LogP) is 19.0. The van der Waals surface area contributed by atoms with Gasteiger partial charge in [-0.1, -0.05) is 223 Å². The minimum absolute atomic E-state index is 0.0804. The molecule has 1 unspecified atom stereocenters. The van der Waals surface area contributed by atoms with Gasteiger partial charge in [0.2, 0.25) is 0 Å². The SMILES string of the molecule is CCCCC/C=C\CCCCCCCC(=O)OCC(COC(=O)CCCCCCCCC/C=C\C/C=C\CCCCCC)OC(=O)CCCCCCCCC/C=C\CCCCCCCCC. The molecule has 384 valence electrons. The van der Waals surface area contributed by atoms with E-state index in [1.54, 1.807) is 0 Å². The quantitative estimate of drug-likeness (QED) is 0.0262. The first-order chi connectivity index (χ1) is 32.5. The maximum absolute atomic E-state index is 12.8. The number of rotatable bonds is 52. The van der Waals surface area contributed by atoms with Crippen molar-refractivity contribution in [1.29, 1.82) is 0 Å². The van der Waals surface area contributed by atoms with Crippen molar-refractivity contribution < 1.29 is 28.6 Å². The Kier molecular flexibility index (Phi) is 52.8. The van der Waals surface area contributed by atoms with Gasteiger partial charge in [-0.25, -0.2) is 0 Å². The van der Waals surface area contributed by atoms with E-state index in [-0.39, 0.29) is 31.1 Å². The zero-order chi connectivity index (χ0) is 47.9. The van der Waals surface area contributed by atoms with Crippen LogP contribution in [0.15, 0.2) is 48.6 Å². The lowest BCUT2D eigenvalue weighted by molar-refractivity contribution is -0.167. The van der Waals surface area contributed by atoms with Crippen LogP contribution in [-0.2, 0) is 28.6 Å². The fraction of sp³-hybridized carbons (Fsp3) is 0.817. The summed E-state index contributed by atoms with van der Waals surface area (Å²) in [5, 5.41) is 0. The van der Waals surface area contributed by atoms with Crippen molar-refractivity contribution in [3.63, 3.8) is 0 Å². The smallest absolute Gasteiger partial charge is 0.306 e. The van der Waals surface area contributed by atoms with E-state index in [4.69, 9.17) is 14.2 Å². The average molecular weight is 926 g/mol. The van der Waals surface area contributed by atoms with E-state index in [9.17, 15) is 14.4 Å². The normalized spacial score (nSPS) is 12.3.